The Kier molecular flexibility index (Phi) is 2.05. The molecule has 1 heterocycles. The second-order valence-corrected chi connectivity index (χ2v) is 2.59. The largest absolute Gasteiger partial charge is 0.467 e. The molecule has 0 aromatic rings. The van der Waals surface area contributed by atoms with Crippen LogP contribution in [0.25, 0.3) is 0 Å². The first kappa shape index (κ1) is 8.60. The topological polar surface area (TPSA) is 55.4 Å². The molecule has 0 aliphatic carbocycles. The van der Waals surface area contributed by atoms with Gasteiger partial charge in [-0.25, -0.2) is 4.79 Å². The van der Waals surface area contributed by atoms with E-state index in [1.54, 1.807) is 0 Å². The Labute approximate surface area is 70.3 Å². The number of carbonyl (C=O) groups excluding carboxylic acids is 2. The molecule has 4 nitrogen and oxygen atoms in total. The summed E-state index contributed by atoms with van der Waals surface area (Å²) in [7, 11) is 1.24. The van der Waals surface area contributed by atoms with Crippen LogP contribution in [0, 0.1) is 12.3 Å². The van der Waals surface area contributed by atoms with E-state index in [-0.39, 0.29) is 12.3 Å². The van der Waals surface area contributed by atoms with E-state index in [0.29, 0.717) is 6.42 Å². The first-order valence-electron chi connectivity index (χ1n) is 3.52. The highest BCUT2D eigenvalue weighted by molar-refractivity contribution is 5.94. The van der Waals surface area contributed by atoms with E-state index in [9.17, 15) is 9.59 Å². The number of amides is 1. The lowest BCUT2D eigenvalue weighted by Crippen LogP contribution is -2.48. The van der Waals surface area contributed by atoms with Gasteiger partial charge in [-0.15, -0.1) is 6.42 Å². The quantitative estimate of drug-likeness (QED) is 0.421. The summed E-state index contributed by atoms with van der Waals surface area (Å²) in [6, 6.07) is 0. The number of hydrogen-bond acceptors (Lipinski definition) is 3. The van der Waals surface area contributed by atoms with Crippen LogP contribution < -0.4 is 5.32 Å². The minimum Gasteiger partial charge on any atom is -0.467 e. The molecule has 0 aromatic carbocycles. The van der Waals surface area contributed by atoms with Crippen LogP contribution >= 0.6 is 0 Å². The number of hydrogen-bond donors (Lipinski definition) is 1. The van der Waals surface area contributed by atoms with Gasteiger partial charge < -0.3 is 10.1 Å². The van der Waals surface area contributed by atoms with Crippen molar-refractivity contribution in [1.82, 2.24) is 5.32 Å². The zero-order chi connectivity index (χ0) is 9.19. The Morgan fingerprint density at radius 2 is 2.50 bits per heavy atom. The Bertz CT molecular complexity index is 266. The smallest absolute Gasteiger partial charge is 0.344 e. The lowest BCUT2D eigenvalue weighted by molar-refractivity contribution is -0.146. The maximum absolute atomic E-state index is 11.1. The standard InChI is InChI=1S/C8H9NO3/c1-3-8(7(11)12-2)5-4-6(10)9-8/h1H,4-5H2,2H3,(H,9,10). The average molecular weight is 167 g/mol. The van der Waals surface area contributed by atoms with Crippen molar-refractivity contribution >= 4 is 11.9 Å². The van der Waals surface area contributed by atoms with Crippen molar-refractivity contribution < 1.29 is 14.3 Å². The average Bonchev–Trinajstić information content (AvgIpc) is 2.47. The van der Waals surface area contributed by atoms with Crippen molar-refractivity contribution in [3.05, 3.63) is 0 Å². The molecule has 1 fully saturated rings. The van der Waals surface area contributed by atoms with E-state index in [1.807, 2.05) is 0 Å². The molecule has 1 saturated heterocycles. The number of rotatable bonds is 1. The van der Waals surface area contributed by atoms with Crippen molar-refractivity contribution in [2.24, 2.45) is 0 Å². The van der Waals surface area contributed by atoms with Gasteiger partial charge in [0.25, 0.3) is 0 Å². The van der Waals surface area contributed by atoms with Crippen molar-refractivity contribution in [1.29, 1.82) is 0 Å². The fraction of sp³-hybridized carbons (Fsp3) is 0.500. The molecule has 1 unspecified atom stereocenters. The molecule has 0 bridgehead atoms. The summed E-state index contributed by atoms with van der Waals surface area (Å²) in [5, 5.41) is 2.42. The van der Waals surface area contributed by atoms with Gasteiger partial charge in [-0.2, -0.15) is 0 Å². The SMILES string of the molecule is C#CC1(C(=O)OC)CCC(=O)N1. The number of terminal acetylenes is 1. The minimum absolute atomic E-state index is 0.210. The van der Waals surface area contributed by atoms with Crippen molar-refractivity contribution in [2.45, 2.75) is 18.4 Å². The van der Waals surface area contributed by atoms with Crippen LogP contribution in [-0.2, 0) is 14.3 Å². The summed E-state index contributed by atoms with van der Waals surface area (Å²) in [6.07, 6.45) is 5.73. The molecule has 0 saturated carbocycles. The van der Waals surface area contributed by atoms with Gasteiger partial charge >= 0.3 is 5.97 Å². The summed E-state index contributed by atoms with van der Waals surface area (Å²) in [5.74, 6) is 1.47. The molecule has 12 heavy (non-hydrogen) atoms. The van der Waals surface area contributed by atoms with E-state index in [0.717, 1.165) is 0 Å². The third-order valence-corrected chi connectivity index (χ3v) is 1.86. The van der Waals surface area contributed by atoms with Gasteiger partial charge in [0.15, 0.2) is 5.54 Å². The van der Waals surface area contributed by atoms with Gasteiger partial charge in [-0.1, -0.05) is 5.92 Å². The van der Waals surface area contributed by atoms with Crippen LogP contribution in [0.15, 0.2) is 0 Å². The van der Waals surface area contributed by atoms with Crippen LogP contribution in [-0.4, -0.2) is 24.5 Å². The van der Waals surface area contributed by atoms with Crippen LogP contribution in [0.1, 0.15) is 12.8 Å². The Morgan fingerprint density at radius 1 is 1.83 bits per heavy atom. The maximum atomic E-state index is 11.1. The zero-order valence-electron chi connectivity index (χ0n) is 6.72. The first-order chi connectivity index (χ1) is 5.64. The Balaban J connectivity index is 2.86. The maximum Gasteiger partial charge on any atom is 0.344 e. The highest BCUT2D eigenvalue weighted by atomic mass is 16.5. The molecule has 1 amide bonds. The molecule has 0 spiro atoms. The van der Waals surface area contributed by atoms with Crippen molar-refractivity contribution in [3.8, 4) is 12.3 Å². The summed E-state index contributed by atoms with van der Waals surface area (Å²) in [6.45, 7) is 0. The molecule has 4 heteroatoms. The van der Waals surface area contributed by atoms with E-state index >= 15 is 0 Å². The molecule has 0 aromatic heterocycles. The van der Waals surface area contributed by atoms with Crippen LogP contribution in [0.2, 0.25) is 0 Å². The highest BCUT2D eigenvalue weighted by Gasteiger charge is 2.44. The monoisotopic (exact) mass is 167 g/mol. The Morgan fingerprint density at radius 3 is 2.83 bits per heavy atom. The van der Waals surface area contributed by atoms with Crippen molar-refractivity contribution in [2.75, 3.05) is 7.11 Å². The fourth-order valence-electron chi connectivity index (χ4n) is 1.16. The van der Waals surface area contributed by atoms with Crippen molar-refractivity contribution in [3.63, 3.8) is 0 Å². The molecule has 64 valence electrons. The predicted octanol–water partition coefficient (Wildman–Crippen LogP) is -0.559. The van der Waals surface area contributed by atoms with Crippen LogP contribution in [0.4, 0.5) is 0 Å². The summed E-state index contributed by atoms with van der Waals surface area (Å²) < 4.78 is 4.48. The first-order valence-corrected chi connectivity index (χ1v) is 3.52. The van der Waals surface area contributed by atoms with Gasteiger partial charge in [0, 0.05) is 12.8 Å². The summed E-state index contributed by atoms with van der Waals surface area (Å²) in [4.78, 5) is 22.0. The molecular formula is C8H9NO3. The molecular weight excluding hydrogens is 158 g/mol. The van der Waals surface area contributed by atoms with Gasteiger partial charge in [-0.05, 0) is 0 Å². The molecule has 1 aliphatic rings. The molecule has 1 aliphatic heterocycles. The summed E-state index contributed by atoms with van der Waals surface area (Å²) in [5.41, 5.74) is -1.22. The van der Waals surface area contributed by atoms with Gasteiger partial charge in [0.05, 0.1) is 7.11 Å². The van der Waals surface area contributed by atoms with E-state index in [1.165, 1.54) is 7.11 Å². The van der Waals surface area contributed by atoms with Gasteiger partial charge in [0.1, 0.15) is 0 Å². The highest BCUT2D eigenvalue weighted by Crippen LogP contribution is 2.20. The third-order valence-electron chi connectivity index (χ3n) is 1.86. The van der Waals surface area contributed by atoms with Gasteiger partial charge in [-0.3, -0.25) is 4.79 Å². The normalized spacial score (nSPS) is 27.5. The number of ether oxygens (including phenoxy) is 1. The van der Waals surface area contributed by atoms with E-state index in [4.69, 9.17) is 6.42 Å². The minimum atomic E-state index is -1.22. The van der Waals surface area contributed by atoms with Gasteiger partial charge in [0.2, 0.25) is 5.91 Å². The molecule has 1 N–H and O–H groups in total. The zero-order valence-corrected chi connectivity index (χ0v) is 6.72. The lowest BCUT2D eigenvalue weighted by Gasteiger charge is -2.18. The van der Waals surface area contributed by atoms with E-state index in [2.05, 4.69) is 16.0 Å². The summed E-state index contributed by atoms with van der Waals surface area (Å²) >= 11 is 0. The van der Waals surface area contributed by atoms with Crippen LogP contribution in [0.5, 0.6) is 0 Å². The number of methoxy groups -OCH3 is 1. The Hall–Kier alpha value is -1.50. The second-order valence-electron chi connectivity index (χ2n) is 2.59. The van der Waals surface area contributed by atoms with Crippen LogP contribution in [0.3, 0.4) is 0 Å². The predicted molar refractivity (Wildman–Crippen MR) is 41.0 cm³/mol. The third kappa shape index (κ3) is 1.14. The molecule has 1 rings (SSSR count). The number of carbonyl (C=O) groups is 2. The second kappa shape index (κ2) is 2.86. The van der Waals surface area contributed by atoms with E-state index < -0.39 is 11.5 Å². The number of esters is 1. The number of nitrogens with one attached hydrogen (secondary N) is 1. The fourth-order valence-corrected chi connectivity index (χ4v) is 1.16. The lowest BCUT2D eigenvalue weighted by atomic mass is 9.99. The molecule has 0 radical (unpaired) electrons. The molecule has 1 atom stereocenters.